The highest BCUT2D eigenvalue weighted by Crippen LogP contribution is 2.25. The molecule has 142 valence electrons. The lowest BCUT2D eigenvalue weighted by Crippen LogP contribution is -2.23. The predicted molar refractivity (Wildman–Crippen MR) is 106 cm³/mol. The lowest BCUT2D eigenvalue weighted by molar-refractivity contribution is -0.121. The van der Waals surface area contributed by atoms with Gasteiger partial charge in [0.2, 0.25) is 5.91 Å². The quantitative estimate of drug-likeness (QED) is 0.784. The number of rotatable bonds is 7. The zero-order valence-electron chi connectivity index (χ0n) is 15.8. The molecular formula is C23H28N2O2. The summed E-state index contributed by atoms with van der Waals surface area (Å²) in [7, 11) is 0. The van der Waals surface area contributed by atoms with Crippen LogP contribution < -0.4 is 15.4 Å². The molecule has 2 aliphatic rings. The van der Waals surface area contributed by atoms with Crippen molar-refractivity contribution in [2.45, 2.75) is 64.3 Å². The van der Waals surface area contributed by atoms with Crippen molar-refractivity contribution in [3.8, 4) is 5.75 Å². The number of aryl methyl sites for hydroxylation is 1. The Bertz CT molecular complexity index is 797. The number of nitrogens with one attached hydrogen (secondary N) is 2. The molecule has 0 spiro atoms. The summed E-state index contributed by atoms with van der Waals surface area (Å²) in [6.07, 6.45) is 6.46. The number of ether oxygens (including phenoxy) is 1. The number of amides is 1. The van der Waals surface area contributed by atoms with E-state index in [1.54, 1.807) is 0 Å². The SMILES string of the molecule is O=C(CCc1cccc(OC2CCCC2)c1)NCc1ccc2c(c1)CNC2. The zero-order valence-corrected chi connectivity index (χ0v) is 15.8. The third-order valence-electron chi connectivity index (χ3n) is 5.54. The first kappa shape index (κ1) is 18.1. The molecule has 0 bridgehead atoms. The fourth-order valence-electron chi connectivity index (χ4n) is 3.98. The van der Waals surface area contributed by atoms with Crippen LogP contribution in [0.4, 0.5) is 0 Å². The first-order valence-electron chi connectivity index (χ1n) is 10.1. The van der Waals surface area contributed by atoms with E-state index in [9.17, 15) is 4.79 Å². The third kappa shape index (κ3) is 4.89. The Kier molecular flexibility index (Phi) is 5.73. The Hall–Kier alpha value is -2.33. The van der Waals surface area contributed by atoms with Crippen LogP contribution in [-0.4, -0.2) is 12.0 Å². The summed E-state index contributed by atoms with van der Waals surface area (Å²) in [5, 5.41) is 6.39. The van der Waals surface area contributed by atoms with Gasteiger partial charge in [-0.05, 0) is 66.5 Å². The van der Waals surface area contributed by atoms with Gasteiger partial charge in [0, 0.05) is 26.1 Å². The Labute approximate surface area is 161 Å². The van der Waals surface area contributed by atoms with E-state index in [1.807, 2.05) is 12.1 Å². The number of hydrogen-bond acceptors (Lipinski definition) is 3. The summed E-state index contributed by atoms with van der Waals surface area (Å²) in [5.74, 6) is 1.03. The molecule has 0 aromatic heterocycles. The van der Waals surface area contributed by atoms with Crippen LogP contribution in [0.3, 0.4) is 0 Å². The van der Waals surface area contributed by atoms with E-state index in [2.05, 4.69) is 41.0 Å². The van der Waals surface area contributed by atoms with Crippen molar-refractivity contribution in [2.75, 3.05) is 0 Å². The number of fused-ring (bicyclic) bond motifs is 1. The van der Waals surface area contributed by atoms with Gasteiger partial charge in [-0.25, -0.2) is 0 Å². The minimum atomic E-state index is 0.0933. The molecule has 0 radical (unpaired) electrons. The highest BCUT2D eigenvalue weighted by Gasteiger charge is 2.16. The van der Waals surface area contributed by atoms with E-state index in [-0.39, 0.29) is 5.91 Å². The van der Waals surface area contributed by atoms with Gasteiger partial charge in [0.05, 0.1) is 6.10 Å². The number of carbonyl (C=O) groups excluding carboxylic acids is 1. The second-order valence-corrected chi connectivity index (χ2v) is 7.66. The summed E-state index contributed by atoms with van der Waals surface area (Å²) < 4.78 is 6.06. The monoisotopic (exact) mass is 364 g/mol. The molecule has 4 heteroatoms. The van der Waals surface area contributed by atoms with Crippen LogP contribution in [0.25, 0.3) is 0 Å². The fourth-order valence-corrected chi connectivity index (χ4v) is 3.98. The van der Waals surface area contributed by atoms with Gasteiger partial charge >= 0.3 is 0 Å². The van der Waals surface area contributed by atoms with Crippen LogP contribution in [0.2, 0.25) is 0 Å². The largest absolute Gasteiger partial charge is 0.490 e. The Morgan fingerprint density at radius 2 is 1.89 bits per heavy atom. The van der Waals surface area contributed by atoms with E-state index in [4.69, 9.17) is 4.74 Å². The van der Waals surface area contributed by atoms with Gasteiger partial charge < -0.3 is 15.4 Å². The standard InChI is InChI=1S/C23H28N2O2/c26-23(25-14-18-8-10-19-15-24-16-20(19)12-18)11-9-17-4-3-7-22(13-17)27-21-5-1-2-6-21/h3-4,7-8,10,12-13,21,24H,1-2,5-6,9,11,14-16H2,(H,25,26). The maximum atomic E-state index is 12.2. The molecule has 0 atom stereocenters. The molecule has 2 aromatic rings. The van der Waals surface area contributed by atoms with Gasteiger partial charge in [-0.2, -0.15) is 0 Å². The van der Waals surface area contributed by atoms with Crippen LogP contribution in [-0.2, 0) is 30.8 Å². The number of benzene rings is 2. The molecule has 0 saturated heterocycles. The normalized spacial score (nSPS) is 16.3. The molecule has 27 heavy (non-hydrogen) atoms. The third-order valence-corrected chi connectivity index (χ3v) is 5.54. The molecule has 1 saturated carbocycles. The van der Waals surface area contributed by atoms with Crippen molar-refractivity contribution in [1.29, 1.82) is 0 Å². The summed E-state index contributed by atoms with van der Waals surface area (Å²) >= 11 is 0. The van der Waals surface area contributed by atoms with E-state index < -0.39 is 0 Å². The minimum absolute atomic E-state index is 0.0933. The van der Waals surface area contributed by atoms with E-state index in [1.165, 1.54) is 24.0 Å². The van der Waals surface area contributed by atoms with E-state index in [0.717, 1.165) is 49.2 Å². The summed E-state index contributed by atoms with van der Waals surface area (Å²) in [6.45, 7) is 2.47. The van der Waals surface area contributed by atoms with E-state index >= 15 is 0 Å². The zero-order chi connectivity index (χ0) is 18.5. The Balaban J connectivity index is 1.24. The maximum absolute atomic E-state index is 12.2. The lowest BCUT2D eigenvalue weighted by Gasteiger charge is -2.14. The highest BCUT2D eigenvalue weighted by molar-refractivity contribution is 5.76. The molecule has 1 heterocycles. The van der Waals surface area contributed by atoms with Crippen LogP contribution in [0.1, 0.15) is 54.4 Å². The predicted octanol–water partition coefficient (Wildman–Crippen LogP) is 3.86. The highest BCUT2D eigenvalue weighted by atomic mass is 16.5. The van der Waals surface area contributed by atoms with Crippen LogP contribution in [0, 0.1) is 0 Å². The molecule has 2 aromatic carbocycles. The van der Waals surface area contributed by atoms with Gasteiger partial charge in [-0.3, -0.25) is 4.79 Å². The smallest absolute Gasteiger partial charge is 0.220 e. The molecule has 1 aliphatic heterocycles. The fraction of sp³-hybridized carbons (Fsp3) is 0.435. The van der Waals surface area contributed by atoms with Crippen LogP contribution in [0.15, 0.2) is 42.5 Å². The minimum Gasteiger partial charge on any atom is -0.490 e. The molecule has 2 N–H and O–H groups in total. The Morgan fingerprint density at radius 1 is 1.04 bits per heavy atom. The van der Waals surface area contributed by atoms with Gasteiger partial charge in [-0.15, -0.1) is 0 Å². The second kappa shape index (κ2) is 8.57. The van der Waals surface area contributed by atoms with Crippen molar-refractivity contribution < 1.29 is 9.53 Å². The number of hydrogen-bond donors (Lipinski definition) is 2. The number of carbonyl (C=O) groups is 1. The molecule has 1 fully saturated rings. The van der Waals surface area contributed by atoms with Crippen molar-refractivity contribution in [1.82, 2.24) is 10.6 Å². The summed E-state index contributed by atoms with van der Waals surface area (Å²) in [4.78, 5) is 12.2. The molecule has 4 rings (SSSR count). The Morgan fingerprint density at radius 3 is 2.78 bits per heavy atom. The lowest BCUT2D eigenvalue weighted by atomic mass is 10.1. The maximum Gasteiger partial charge on any atom is 0.220 e. The molecule has 1 aliphatic carbocycles. The average Bonchev–Trinajstić information content (AvgIpc) is 3.36. The van der Waals surface area contributed by atoms with Crippen LogP contribution in [0.5, 0.6) is 5.75 Å². The van der Waals surface area contributed by atoms with Crippen molar-refractivity contribution in [3.63, 3.8) is 0 Å². The molecular weight excluding hydrogens is 336 g/mol. The second-order valence-electron chi connectivity index (χ2n) is 7.66. The van der Waals surface area contributed by atoms with Gasteiger partial charge in [0.15, 0.2) is 0 Å². The summed E-state index contributed by atoms with van der Waals surface area (Å²) in [5.41, 5.74) is 5.03. The topological polar surface area (TPSA) is 50.4 Å². The van der Waals surface area contributed by atoms with Gasteiger partial charge in [-0.1, -0.05) is 30.3 Å². The molecule has 4 nitrogen and oxygen atoms in total. The van der Waals surface area contributed by atoms with Crippen molar-refractivity contribution in [2.24, 2.45) is 0 Å². The molecule has 1 amide bonds. The average molecular weight is 364 g/mol. The van der Waals surface area contributed by atoms with E-state index in [0.29, 0.717) is 19.1 Å². The van der Waals surface area contributed by atoms with Crippen molar-refractivity contribution >= 4 is 5.91 Å². The van der Waals surface area contributed by atoms with Gasteiger partial charge in [0.1, 0.15) is 5.75 Å². The first-order valence-corrected chi connectivity index (χ1v) is 10.1. The van der Waals surface area contributed by atoms with Gasteiger partial charge in [0.25, 0.3) is 0 Å². The van der Waals surface area contributed by atoms with Crippen molar-refractivity contribution in [3.05, 3.63) is 64.7 Å². The first-order chi connectivity index (χ1) is 13.3. The molecule has 0 unspecified atom stereocenters. The summed E-state index contributed by atoms with van der Waals surface area (Å²) in [6, 6.07) is 14.7. The van der Waals surface area contributed by atoms with Crippen LogP contribution >= 0.6 is 0 Å².